The van der Waals surface area contributed by atoms with E-state index in [2.05, 4.69) is 20.9 Å². The summed E-state index contributed by atoms with van der Waals surface area (Å²) in [7, 11) is 1.63. The molecule has 6 heteroatoms. The Morgan fingerprint density at radius 1 is 1.45 bits per heavy atom. The van der Waals surface area contributed by atoms with E-state index in [4.69, 9.17) is 4.74 Å². The molecule has 0 atom stereocenters. The number of hydrogen-bond donors (Lipinski definition) is 0. The summed E-state index contributed by atoms with van der Waals surface area (Å²) in [5.74, 6) is -0.00502. The fraction of sp³-hybridized carbons (Fsp3) is 0.286. The molecule has 0 bridgehead atoms. The van der Waals surface area contributed by atoms with Crippen molar-refractivity contribution >= 4 is 33.2 Å². The van der Waals surface area contributed by atoms with Gasteiger partial charge in [-0.3, -0.25) is 9.78 Å². The van der Waals surface area contributed by atoms with Gasteiger partial charge in [0.2, 0.25) is 0 Å². The number of amides is 1. The first-order valence-electron chi connectivity index (χ1n) is 6.13. The van der Waals surface area contributed by atoms with E-state index >= 15 is 0 Å². The molecule has 0 fully saturated rings. The lowest BCUT2D eigenvalue weighted by Gasteiger charge is -2.21. The van der Waals surface area contributed by atoms with Crippen molar-refractivity contribution < 1.29 is 9.53 Å². The van der Waals surface area contributed by atoms with Crippen LogP contribution in [0.25, 0.3) is 0 Å². The van der Waals surface area contributed by atoms with Crippen LogP contribution in [-0.4, -0.2) is 36.1 Å². The van der Waals surface area contributed by atoms with Gasteiger partial charge in [-0.25, -0.2) is 0 Å². The van der Waals surface area contributed by atoms with E-state index in [0.717, 1.165) is 10.2 Å². The lowest BCUT2D eigenvalue weighted by atomic mass is 10.3. The number of hydrogen-bond acceptors (Lipinski definition) is 4. The second kappa shape index (κ2) is 7.52. The van der Waals surface area contributed by atoms with Crippen LogP contribution in [0.2, 0.25) is 0 Å². The van der Waals surface area contributed by atoms with Gasteiger partial charge < -0.3 is 9.64 Å². The lowest BCUT2D eigenvalue weighted by molar-refractivity contribution is 0.0682. The van der Waals surface area contributed by atoms with Crippen LogP contribution in [0.1, 0.15) is 15.4 Å². The molecule has 0 aromatic carbocycles. The summed E-state index contributed by atoms with van der Waals surface area (Å²) in [4.78, 5) is 19.3. The van der Waals surface area contributed by atoms with Crippen molar-refractivity contribution in [3.05, 3.63) is 50.9 Å². The normalized spacial score (nSPS) is 10.5. The van der Waals surface area contributed by atoms with Crippen LogP contribution in [0.4, 0.5) is 0 Å². The molecule has 20 heavy (non-hydrogen) atoms. The van der Waals surface area contributed by atoms with Crippen LogP contribution >= 0.6 is 27.3 Å². The minimum Gasteiger partial charge on any atom is -0.383 e. The Bertz CT molecular complexity index is 559. The van der Waals surface area contributed by atoms with Crippen molar-refractivity contribution in [3.63, 3.8) is 0 Å². The average Bonchev–Trinajstić information content (AvgIpc) is 2.90. The molecule has 0 aliphatic heterocycles. The highest BCUT2D eigenvalue weighted by atomic mass is 79.9. The van der Waals surface area contributed by atoms with E-state index in [1.54, 1.807) is 18.2 Å². The Balaban J connectivity index is 2.15. The largest absolute Gasteiger partial charge is 0.383 e. The zero-order valence-electron chi connectivity index (χ0n) is 11.1. The van der Waals surface area contributed by atoms with Gasteiger partial charge in [0, 0.05) is 24.3 Å². The number of thiophene rings is 1. The summed E-state index contributed by atoms with van der Waals surface area (Å²) in [6.45, 7) is 1.52. The predicted octanol–water partition coefficient (Wildman–Crippen LogP) is 3.19. The maximum absolute atomic E-state index is 12.6. The molecule has 0 saturated heterocycles. The number of nitrogens with zero attached hydrogens (tertiary/aromatic N) is 2. The van der Waals surface area contributed by atoms with Gasteiger partial charge in [-0.2, -0.15) is 0 Å². The molecule has 1 amide bonds. The molecule has 106 valence electrons. The Labute approximate surface area is 130 Å². The van der Waals surface area contributed by atoms with Crippen molar-refractivity contribution in [2.75, 3.05) is 20.3 Å². The summed E-state index contributed by atoms with van der Waals surface area (Å²) < 4.78 is 5.91. The van der Waals surface area contributed by atoms with Gasteiger partial charge in [0.15, 0.2) is 0 Å². The molecule has 0 radical (unpaired) electrons. The number of methoxy groups -OCH3 is 1. The molecule has 0 aliphatic rings. The highest BCUT2D eigenvalue weighted by Crippen LogP contribution is 2.24. The summed E-state index contributed by atoms with van der Waals surface area (Å²) in [6.07, 6.45) is 1.73. The maximum atomic E-state index is 12.6. The SMILES string of the molecule is COCCN(Cc1ccccn1)C(=O)c1sccc1Br. The molecule has 0 saturated carbocycles. The van der Waals surface area contributed by atoms with Gasteiger partial charge in [-0.05, 0) is 39.5 Å². The van der Waals surface area contributed by atoms with Gasteiger partial charge in [0.1, 0.15) is 4.88 Å². The third-order valence-electron chi connectivity index (χ3n) is 2.74. The third kappa shape index (κ3) is 3.88. The topological polar surface area (TPSA) is 42.4 Å². The molecule has 2 aromatic rings. The molecule has 2 heterocycles. The summed E-state index contributed by atoms with van der Waals surface area (Å²) >= 11 is 4.84. The lowest BCUT2D eigenvalue weighted by Crippen LogP contribution is -2.33. The Kier molecular flexibility index (Phi) is 5.70. The van der Waals surface area contributed by atoms with Crippen molar-refractivity contribution in [2.45, 2.75) is 6.54 Å². The first-order chi connectivity index (χ1) is 9.72. The van der Waals surface area contributed by atoms with Crippen LogP contribution < -0.4 is 0 Å². The van der Waals surface area contributed by atoms with Crippen molar-refractivity contribution in [1.82, 2.24) is 9.88 Å². The Morgan fingerprint density at radius 2 is 2.30 bits per heavy atom. The number of rotatable bonds is 6. The smallest absolute Gasteiger partial charge is 0.265 e. The monoisotopic (exact) mass is 354 g/mol. The molecular weight excluding hydrogens is 340 g/mol. The summed E-state index contributed by atoms with van der Waals surface area (Å²) in [5.41, 5.74) is 0.865. The van der Waals surface area contributed by atoms with Crippen molar-refractivity contribution in [3.8, 4) is 0 Å². The molecule has 2 aromatic heterocycles. The minimum absolute atomic E-state index is 0.00502. The fourth-order valence-electron chi connectivity index (χ4n) is 1.73. The molecule has 0 N–H and O–H groups in total. The quantitative estimate of drug-likeness (QED) is 0.799. The van der Waals surface area contributed by atoms with E-state index in [-0.39, 0.29) is 5.91 Å². The van der Waals surface area contributed by atoms with Crippen LogP contribution in [0.15, 0.2) is 40.3 Å². The second-order valence-corrected chi connectivity index (χ2v) is 5.91. The number of carbonyl (C=O) groups excluding carboxylic acids is 1. The van der Waals surface area contributed by atoms with Crippen LogP contribution in [-0.2, 0) is 11.3 Å². The molecule has 4 nitrogen and oxygen atoms in total. The van der Waals surface area contributed by atoms with E-state index in [9.17, 15) is 4.79 Å². The Morgan fingerprint density at radius 3 is 2.90 bits per heavy atom. The average molecular weight is 355 g/mol. The summed E-state index contributed by atoms with van der Waals surface area (Å²) in [5, 5.41) is 1.90. The van der Waals surface area contributed by atoms with Crippen molar-refractivity contribution in [2.24, 2.45) is 0 Å². The van der Waals surface area contributed by atoms with Crippen molar-refractivity contribution in [1.29, 1.82) is 0 Å². The first kappa shape index (κ1) is 15.2. The van der Waals surface area contributed by atoms with E-state index in [1.807, 2.05) is 29.6 Å². The van der Waals surface area contributed by atoms with E-state index < -0.39 is 0 Å². The molecule has 2 rings (SSSR count). The standard InChI is InChI=1S/C14H15BrN2O2S/c1-19-8-7-17(10-11-4-2-3-6-16-11)14(18)13-12(15)5-9-20-13/h2-6,9H,7-8,10H2,1H3. The predicted molar refractivity (Wildman–Crippen MR) is 82.9 cm³/mol. The molecule has 0 unspecified atom stereocenters. The third-order valence-corrected chi connectivity index (χ3v) is 4.57. The fourth-order valence-corrected chi connectivity index (χ4v) is 3.24. The molecular formula is C14H15BrN2O2S. The zero-order chi connectivity index (χ0) is 14.4. The van der Waals surface area contributed by atoms with Gasteiger partial charge >= 0.3 is 0 Å². The highest BCUT2D eigenvalue weighted by Gasteiger charge is 2.19. The van der Waals surface area contributed by atoms with Gasteiger partial charge in [0.25, 0.3) is 5.91 Å². The van der Waals surface area contributed by atoms with Gasteiger partial charge in [-0.1, -0.05) is 6.07 Å². The molecule has 0 aliphatic carbocycles. The van der Waals surface area contributed by atoms with Crippen LogP contribution in [0.5, 0.6) is 0 Å². The van der Waals surface area contributed by atoms with Crippen LogP contribution in [0, 0.1) is 0 Å². The Hall–Kier alpha value is -1.24. The van der Waals surface area contributed by atoms with E-state index in [1.165, 1.54) is 11.3 Å². The second-order valence-electron chi connectivity index (χ2n) is 4.14. The van der Waals surface area contributed by atoms with Crippen LogP contribution in [0.3, 0.4) is 0 Å². The number of halogens is 1. The summed E-state index contributed by atoms with van der Waals surface area (Å²) in [6, 6.07) is 7.58. The minimum atomic E-state index is -0.00502. The zero-order valence-corrected chi connectivity index (χ0v) is 13.5. The number of ether oxygens (including phenoxy) is 1. The van der Waals surface area contributed by atoms with Gasteiger partial charge in [-0.15, -0.1) is 11.3 Å². The van der Waals surface area contributed by atoms with E-state index in [0.29, 0.717) is 24.6 Å². The highest BCUT2D eigenvalue weighted by molar-refractivity contribution is 9.10. The molecule has 0 spiro atoms. The number of pyridine rings is 1. The number of aromatic nitrogens is 1. The van der Waals surface area contributed by atoms with Gasteiger partial charge in [0.05, 0.1) is 18.8 Å². The first-order valence-corrected chi connectivity index (χ1v) is 7.80. The maximum Gasteiger partial charge on any atom is 0.265 e. The number of carbonyl (C=O) groups is 1.